The maximum atomic E-state index is 11.1. The van der Waals surface area contributed by atoms with Gasteiger partial charge in [-0.2, -0.15) is 0 Å². The maximum Gasteiger partial charge on any atom is 0.357 e. The Hall–Kier alpha value is 0.0700. The van der Waals surface area contributed by atoms with Crippen molar-refractivity contribution < 1.29 is 24.2 Å². The lowest BCUT2D eigenvalue weighted by Gasteiger charge is -2.31. The van der Waals surface area contributed by atoms with E-state index < -0.39 is 12.9 Å². The molecular weight excluding hydrogens is 195 g/mol. The number of ether oxygens (including phenoxy) is 1. The lowest BCUT2D eigenvalue weighted by Crippen LogP contribution is -2.32. The van der Waals surface area contributed by atoms with Gasteiger partial charge in [-0.15, -0.1) is 0 Å². The van der Waals surface area contributed by atoms with Crippen LogP contribution in [0.4, 0.5) is 0 Å². The fourth-order valence-electron chi connectivity index (χ4n) is 1.19. The Bertz CT molecular complexity index is 183. The summed E-state index contributed by atoms with van der Waals surface area (Å²) in [4.78, 5) is 18.1. The van der Waals surface area contributed by atoms with E-state index in [0.29, 0.717) is 0 Å². The topological polar surface area (TPSA) is 87.0 Å². The van der Waals surface area contributed by atoms with Crippen LogP contribution in [0, 0.1) is 0 Å². The van der Waals surface area contributed by atoms with Crippen LogP contribution < -0.4 is 0 Å². The molecule has 0 saturated heterocycles. The van der Waals surface area contributed by atoms with Crippen molar-refractivity contribution >= 4 is 7.60 Å². The molecule has 0 bridgehead atoms. The highest BCUT2D eigenvalue weighted by atomic mass is 31.2. The van der Waals surface area contributed by atoms with Crippen molar-refractivity contribution in [3.63, 3.8) is 0 Å². The monoisotopic (exact) mass is 212 g/mol. The molecule has 6 heteroatoms. The average molecular weight is 212 g/mol. The Morgan fingerprint density at radius 1 is 1.31 bits per heavy atom. The van der Waals surface area contributed by atoms with E-state index >= 15 is 0 Å². The molecule has 0 aromatic heterocycles. The maximum absolute atomic E-state index is 11.1. The summed E-state index contributed by atoms with van der Waals surface area (Å²) in [5, 5.41) is 7.09. The molecule has 0 aromatic carbocycles. The first kappa shape index (κ1) is 13.1. The fraction of sp³-hybridized carbons (Fsp3) is 1.00. The quantitative estimate of drug-likeness (QED) is 0.564. The molecule has 0 aliphatic rings. The van der Waals surface area contributed by atoms with E-state index in [1.807, 2.05) is 0 Å². The van der Waals surface area contributed by atoms with E-state index in [-0.39, 0.29) is 26.1 Å². The van der Waals surface area contributed by atoms with Crippen LogP contribution in [0.25, 0.3) is 0 Å². The van der Waals surface area contributed by atoms with Gasteiger partial charge < -0.3 is 19.6 Å². The minimum absolute atomic E-state index is 0.0488. The SMILES string of the molecule is CCC(CC)(OCCO)P(=O)(O)O. The van der Waals surface area contributed by atoms with Crippen LogP contribution in [0.1, 0.15) is 26.7 Å². The number of hydrogen-bond donors (Lipinski definition) is 3. The summed E-state index contributed by atoms with van der Waals surface area (Å²) in [6, 6.07) is 0. The third-order valence-corrected chi connectivity index (χ3v) is 3.92. The van der Waals surface area contributed by atoms with E-state index in [1.165, 1.54) is 0 Å². The normalized spacial score (nSPS) is 13.3. The first-order chi connectivity index (χ1) is 5.93. The zero-order valence-electron chi connectivity index (χ0n) is 7.93. The molecule has 0 spiro atoms. The standard InChI is InChI=1S/C7H17O5P/c1-3-7(4-2,12-6-5-8)13(9,10)11/h8H,3-6H2,1-2H3,(H2,9,10,11). The first-order valence-corrected chi connectivity index (χ1v) is 5.85. The zero-order chi connectivity index (χ0) is 10.5. The average Bonchev–Trinajstić information content (AvgIpc) is 2.05. The molecule has 0 radical (unpaired) electrons. The van der Waals surface area contributed by atoms with E-state index in [4.69, 9.17) is 19.6 Å². The molecule has 13 heavy (non-hydrogen) atoms. The largest absolute Gasteiger partial charge is 0.394 e. The molecule has 80 valence electrons. The summed E-state index contributed by atoms with van der Waals surface area (Å²) in [6.45, 7) is 3.02. The van der Waals surface area contributed by atoms with Crippen LogP contribution in [0.3, 0.4) is 0 Å². The molecule has 0 aliphatic carbocycles. The van der Waals surface area contributed by atoms with Crippen molar-refractivity contribution in [1.29, 1.82) is 0 Å². The first-order valence-electron chi connectivity index (χ1n) is 4.24. The number of rotatable bonds is 6. The summed E-state index contributed by atoms with van der Waals surface area (Å²) in [6.07, 6.45) is 0.460. The van der Waals surface area contributed by atoms with Gasteiger partial charge in [-0.05, 0) is 12.8 Å². The van der Waals surface area contributed by atoms with Gasteiger partial charge in [0.15, 0.2) is 5.34 Å². The van der Waals surface area contributed by atoms with Gasteiger partial charge in [-0.25, -0.2) is 0 Å². The number of aliphatic hydroxyl groups is 1. The highest BCUT2D eigenvalue weighted by Crippen LogP contribution is 2.55. The second kappa shape index (κ2) is 5.08. The van der Waals surface area contributed by atoms with Crippen molar-refractivity contribution in [2.45, 2.75) is 32.0 Å². The number of hydrogen-bond acceptors (Lipinski definition) is 3. The third-order valence-electron chi connectivity index (χ3n) is 2.10. The predicted molar refractivity (Wildman–Crippen MR) is 48.4 cm³/mol. The summed E-state index contributed by atoms with van der Waals surface area (Å²) in [5.74, 6) is 0. The molecule has 3 N–H and O–H groups in total. The third kappa shape index (κ3) is 3.04. The van der Waals surface area contributed by atoms with Crippen LogP contribution in [-0.2, 0) is 9.30 Å². The van der Waals surface area contributed by atoms with Crippen LogP contribution in [0.2, 0.25) is 0 Å². The molecule has 0 unspecified atom stereocenters. The van der Waals surface area contributed by atoms with Crippen molar-refractivity contribution in [3.05, 3.63) is 0 Å². The Balaban J connectivity index is 4.60. The molecule has 0 heterocycles. The van der Waals surface area contributed by atoms with E-state index in [0.717, 1.165) is 0 Å². The van der Waals surface area contributed by atoms with Gasteiger partial charge in [-0.1, -0.05) is 13.8 Å². The summed E-state index contributed by atoms with van der Waals surface area (Å²) in [5.41, 5.74) is 0. The molecule has 5 nitrogen and oxygen atoms in total. The van der Waals surface area contributed by atoms with Gasteiger partial charge in [0.05, 0.1) is 13.2 Å². The molecule has 0 aromatic rings. The molecule has 0 rings (SSSR count). The van der Waals surface area contributed by atoms with E-state index in [9.17, 15) is 4.57 Å². The summed E-state index contributed by atoms with van der Waals surface area (Å²) < 4.78 is 16.1. The van der Waals surface area contributed by atoms with Crippen LogP contribution in [0.5, 0.6) is 0 Å². The Labute approximate surface area is 77.9 Å². The lowest BCUT2D eigenvalue weighted by atomic mass is 10.2. The van der Waals surface area contributed by atoms with Crippen molar-refractivity contribution in [2.75, 3.05) is 13.2 Å². The minimum Gasteiger partial charge on any atom is -0.394 e. The summed E-state index contributed by atoms with van der Waals surface area (Å²) in [7, 11) is -4.27. The van der Waals surface area contributed by atoms with Crippen molar-refractivity contribution in [2.24, 2.45) is 0 Å². The van der Waals surface area contributed by atoms with E-state index in [1.54, 1.807) is 13.8 Å². The van der Waals surface area contributed by atoms with Crippen LogP contribution >= 0.6 is 7.60 Å². The Morgan fingerprint density at radius 3 is 2.00 bits per heavy atom. The van der Waals surface area contributed by atoms with Gasteiger partial charge in [0, 0.05) is 0 Å². The molecular formula is C7H17O5P. The van der Waals surface area contributed by atoms with Crippen molar-refractivity contribution in [3.8, 4) is 0 Å². The molecule has 0 fully saturated rings. The fourth-order valence-corrected chi connectivity index (χ4v) is 2.27. The van der Waals surface area contributed by atoms with Gasteiger partial charge in [-0.3, -0.25) is 4.57 Å². The van der Waals surface area contributed by atoms with Gasteiger partial charge in [0.1, 0.15) is 0 Å². The van der Waals surface area contributed by atoms with Gasteiger partial charge in [0.2, 0.25) is 0 Å². The van der Waals surface area contributed by atoms with Gasteiger partial charge >= 0.3 is 7.60 Å². The second-order valence-electron chi connectivity index (χ2n) is 2.77. The summed E-state index contributed by atoms with van der Waals surface area (Å²) >= 11 is 0. The predicted octanol–water partition coefficient (Wildman–Crippen LogP) is 0.689. The van der Waals surface area contributed by atoms with E-state index in [2.05, 4.69) is 0 Å². The van der Waals surface area contributed by atoms with Crippen molar-refractivity contribution in [1.82, 2.24) is 0 Å². The molecule has 0 atom stereocenters. The smallest absolute Gasteiger partial charge is 0.357 e. The second-order valence-corrected chi connectivity index (χ2v) is 4.67. The highest BCUT2D eigenvalue weighted by molar-refractivity contribution is 7.53. The van der Waals surface area contributed by atoms with Crippen LogP contribution in [-0.4, -0.2) is 33.4 Å². The highest BCUT2D eigenvalue weighted by Gasteiger charge is 2.44. The van der Waals surface area contributed by atoms with Crippen LogP contribution in [0.15, 0.2) is 0 Å². The molecule has 0 amide bonds. The molecule has 0 aliphatic heterocycles. The van der Waals surface area contributed by atoms with Gasteiger partial charge in [0.25, 0.3) is 0 Å². The number of aliphatic hydroxyl groups excluding tert-OH is 1. The Morgan fingerprint density at radius 2 is 1.77 bits per heavy atom. The zero-order valence-corrected chi connectivity index (χ0v) is 8.83. The molecule has 0 saturated carbocycles. The Kier molecular flexibility index (Phi) is 5.10. The lowest BCUT2D eigenvalue weighted by molar-refractivity contribution is -0.0219. The minimum atomic E-state index is -4.27.